The van der Waals surface area contributed by atoms with Crippen LogP contribution in [0.4, 0.5) is 0 Å². The van der Waals surface area contributed by atoms with E-state index in [1.54, 1.807) is 12.1 Å². The van der Waals surface area contributed by atoms with Crippen molar-refractivity contribution in [2.45, 2.75) is 6.61 Å². The highest BCUT2D eigenvalue weighted by atomic mass is 16.5. The molecule has 0 unspecified atom stereocenters. The Hall–Kier alpha value is -3.07. The van der Waals surface area contributed by atoms with Crippen molar-refractivity contribution in [3.8, 4) is 16.9 Å². The minimum absolute atomic E-state index is 0.165. The molecule has 0 N–H and O–H groups in total. The molecule has 0 radical (unpaired) electrons. The van der Waals surface area contributed by atoms with E-state index in [0.717, 1.165) is 22.4 Å². The maximum Gasteiger partial charge on any atom is 0.127 e. The Balaban J connectivity index is 1.77. The Morgan fingerprint density at radius 3 is 2.17 bits per heavy atom. The van der Waals surface area contributed by atoms with Crippen LogP contribution in [-0.4, -0.2) is 5.97 Å². The normalized spacial score (nSPS) is 10.3. The van der Waals surface area contributed by atoms with E-state index in [1.807, 2.05) is 54.6 Å². The lowest BCUT2D eigenvalue weighted by Gasteiger charge is -2.12. The topological polar surface area (TPSA) is 49.4 Å². The number of aromatic carboxylic acids is 1. The van der Waals surface area contributed by atoms with E-state index >= 15 is 0 Å². The fourth-order valence-corrected chi connectivity index (χ4v) is 2.35. The average Bonchev–Trinajstić information content (AvgIpc) is 2.61. The quantitative estimate of drug-likeness (QED) is 0.726. The van der Waals surface area contributed by atoms with Gasteiger partial charge in [-0.25, -0.2) is 0 Å². The Morgan fingerprint density at radius 1 is 0.826 bits per heavy atom. The van der Waals surface area contributed by atoms with Gasteiger partial charge in [0.05, 0.1) is 5.97 Å². The van der Waals surface area contributed by atoms with Gasteiger partial charge in [0.25, 0.3) is 0 Å². The van der Waals surface area contributed by atoms with Crippen molar-refractivity contribution in [2.24, 2.45) is 0 Å². The SMILES string of the molecule is O=C([O-])c1ccc(COc2ccccc2-c2ccccc2)cc1. The summed E-state index contributed by atoms with van der Waals surface area (Å²) < 4.78 is 5.91. The second-order valence-corrected chi connectivity index (χ2v) is 5.14. The van der Waals surface area contributed by atoms with Crippen molar-refractivity contribution in [2.75, 3.05) is 0 Å². The van der Waals surface area contributed by atoms with Crippen molar-refractivity contribution < 1.29 is 14.6 Å². The minimum Gasteiger partial charge on any atom is -0.545 e. The van der Waals surface area contributed by atoms with Crippen LogP contribution in [0.1, 0.15) is 15.9 Å². The average molecular weight is 303 g/mol. The number of para-hydroxylation sites is 1. The Morgan fingerprint density at radius 2 is 1.48 bits per heavy atom. The highest BCUT2D eigenvalue weighted by molar-refractivity contribution is 5.85. The zero-order chi connectivity index (χ0) is 16.1. The third-order valence-electron chi connectivity index (χ3n) is 3.56. The smallest absolute Gasteiger partial charge is 0.127 e. The summed E-state index contributed by atoms with van der Waals surface area (Å²) in [6.45, 7) is 0.372. The van der Waals surface area contributed by atoms with Crippen molar-refractivity contribution >= 4 is 5.97 Å². The third-order valence-corrected chi connectivity index (χ3v) is 3.56. The predicted molar refractivity (Wildman–Crippen MR) is 87.0 cm³/mol. The highest BCUT2D eigenvalue weighted by Crippen LogP contribution is 2.30. The molecule has 3 aromatic rings. The standard InChI is InChI=1S/C20H16O3/c21-20(22)17-12-10-15(11-13-17)14-23-19-9-5-4-8-18(19)16-6-2-1-3-7-16/h1-13H,14H2,(H,21,22)/p-1. The molecular weight excluding hydrogens is 288 g/mol. The molecule has 23 heavy (non-hydrogen) atoms. The van der Waals surface area contributed by atoms with Crippen LogP contribution in [0, 0.1) is 0 Å². The van der Waals surface area contributed by atoms with E-state index in [-0.39, 0.29) is 5.56 Å². The lowest BCUT2D eigenvalue weighted by Crippen LogP contribution is -2.22. The largest absolute Gasteiger partial charge is 0.545 e. The summed E-state index contributed by atoms with van der Waals surface area (Å²) in [7, 11) is 0. The molecule has 3 nitrogen and oxygen atoms in total. The summed E-state index contributed by atoms with van der Waals surface area (Å²) in [6.07, 6.45) is 0. The van der Waals surface area contributed by atoms with Gasteiger partial charge in [-0.3, -0.25) is 0 Å². The molecule has 114 valence electrons. The van der Waals surface area contributed by atoms with Gasteiger partial charge in [-0.1, -0.05) is 72.8 Å². The second kappa shape index (κ2) is 6.79. The van der Waals surface area contributed by atoms with Gasteiger partial charge in [0.15, 0.2) is 0 Å². The Labute approximate surface area is 134 Å². The van der Waals surface area contributed by atoms with E-state index in [0.29, 0.717) is 6.61 Å². The number of carboxylic acids is 1. The van der Waals surface area contributed by atoms with Crippen LogP contribution in [0.15, 0.2) is 78.9 Å². The second-order valence-electron chi connectivity index (χ2n) is 5.14. The van der Waals surface area contributed by atoms with Gasteiger partial charge in [-0.15, -0.1) is 0 Å². The van der Waals surface area contributed by atoms with Crippen LogP contribution in [0.3, 0.4) is 0 Å². The molecule has 3 rings (SSSR count). The molecule has 0 fully saturated rings. The lowest BCUT2D eigenvalue weighted by molar-refractivity contribution is -0.255. The first-order chi connectivity index (χ1) is 11.2. The summed E-state index contributed by atoms with van der Waals surface area (Å²) >= 11 is 0. The monoisotopic (exact) mass is 303 g/mol. The molecule has 0 saturated carbocycles. The molecule has 0 saturated heterocycles. The van der Waals surface area contributed by atoms with Gasteiger partial charge in [0, 0.05) is 5.56 Å². The fourth-order valence-electron chi connectivity index (χ4n) is 2.35. The molecule has 0 aromatic heterocycles. The molecule has 0 spiro atoms. The first kappa shape index (κ1) is 14.9. The summed E-state index contributed by atoms with van der Waals surface area (Å²) in [6, 6.07) is 24.4. The molecule has 0 atom stereocenters. The highest BCUT2D eigenvalue weighted by Gasteiger charge is 2.05. The van der Waals surface area contributed by atoms with Gasteiger partial charge in [0.1, 0.15) is 12.4 Å². The molecule has 0 bridgehead atoms. The number of carboxylic acid groups (broad SMARTS) is 1. The molecule has 3 aromatic carbocycles. The number of rotatable bonds is 5. The van der Waals surface area contributed by atoms with E-state index in [2.05, 4.69) is 0 Å². The number of ether oxygens (including phenoxy) is 1. The number of benzene rings is 3. The summed E-state index contributed by atoms with van der Waals surface area (Å²) in [5, 5.41) is 10.8. The fraction of sp³-hybridized carbons (Fsp3) is 0.0500. The van der Waals surface area contributed by atoms with Crippen LogP contribution in [-0.2, 0) is 6.61 Å². The van der Waals surface area contributed by atoms with Crippen molar-refractivity contribution in [3.63, 3.8) is 0 Å². The first-order valence-corrected chi connectivity index (χ1v) is 7.31. The van der Waals surface area contributed by atoms with E-state index in [1.165, 1.54) is 12.1 Å². The minimum atomic E-state index is -1.17. The summed E-state index contributed by atoms with van der Waals surface area (Å²) in [5.74, 6) is -0.380. The predicted octanol–water partition coefficient (Wildman–Crippen LogP) is 3.30. The van der Waals surface area contributed by atoms with Gasteiger partial charge in [-0.2, -0.15) is 0 Å². The number of hydrogen-bond acceptors (Lipinski definition) is 3. The van der Waals surface area contributed by atoms with Crippen LogP contribution >= 0.6 is 0 Å². The molecule has 0 heterocycles. The van der Waals surface area contributed by atoms with Gasteiger partial charge >= 0.3 is 0 Å². The number of carbonyl (C=O) groups is 1. The molecule has 3 heteroatoms. The number of carbonyl (C=O) groups excluding carboxylic acids is 1. The zero-order valence-corrected chi connectivity index (χ0v) is 12.4. The van der Waals surface area contributed by atoms with E-state index in [4.69, 9.17) is 4.74 Å². The third kappa shape index (κ3) is 3.58. The van der Waals surface area contributed by atoms with E-state index < -0.39 is 5.97 Å². The van der Waals surface area contributed by atoms with Crippen LogP contribution in [0.2, 0.25) is 0 Å². The lowest BCUT2D eigenvalue weighted by atomic mass is 10.0. The first-order valence-electron chi connectivity index (χ1n) is 7.31. The molecule has 0 amide bonds. The molecule has 0 aliphatic heterocycles. The van der Waals surface area contributed by atoms with Crippen molar-refractivity contribution in [1.29, 1.82) is 0 Å². The molecule has 0 aliphatic carbocycles. The zero-order valence-electron chi connectivity index (χ0n) is 12.4. The maximum atomic E-state index is 10.8. The Bertz CT molecular complexity index is 793. The summed E-state index contributed by atoms with van der Waals surface area (Å²) in [4.78, 5) is 10.8. The molecule has 0 aliphatic rings. The van der Waals surface area contributed by atoms with Crippen LogP contribution < -0.4 is 9.84 Å². The van der Waals surface area contributed by atoms with Gasteiger partial charge in [-0.05, 0) is 22.8 Å². The maximum absolute atomic E-state index is 10.8. The summed E-state index contributed by atoms with van der Waals surface area (Å²) in [5.41, 5.74) is 3.19. The van der Waals surface area contributed by atoms with E-state index in [9.17, 15) is 9.90 Å². The van der Waals surface area contributed by atoms with Gasteiger partial charge < -0.3 is 14.6 Å². The Kier molecular flexibility index (Phi) is 4.39. The molecular formula is C20H15O3-. The van der Waals surface area contributed by atoms with Crippen LogP contribution in [0.5, 0.6) is 5.75 Å². The van der Waals surface area contributed by atoms with Crippen LogP contribution in [0.25, 0.3) is 11.1 Å². The van der Waals surface area contributed by atoms with Crippen molar-refractivity contribution in [1.82, 2.24) is 0 Å². The van der Waals surface area contributed by atoms with Gasteiger partial charge in [0.2, 0.25) is 0 Å². The van der Waals surface area contributed by atoms with Crippen molar-refractivity contribution in [3.05, 3.63) is 90.0 Å². The number of hydrogen-bond donors (Lipinski definition) is 0.